The Balaban J connectivity index is 1.81. The lowest BCUT2D eigenvalue weighted by Crippen LogP contribution is -2.55. The van der Waals surface area contributed by atoms with Gasteiger partial charge in [0.2, 0.25) is 12.7 Å². The van der Waals surface area contributed by atoms with E-state index < -0.39 is 12.2 Å². The quantitative estimate of drug-likeness (QED) is 0.915. The Morgan fingerprint density at radius 1 is 1.33 bits per heavy atom. The fraction of sp³-hybridized carbons (Fsp3) is 0.562. The van der Waals surface area contributed by atoms with Gasteiger partial charge in [0, 0.05) is 31.6 Å². The molecule has 2 heterocycles. The number of amides is 1. The molecule has 24 heavy (non-hydrogen) atoms. The normalized spacial score (nSPS) is 24.0. The number of para-hydroxylation sites is 1. The maximum atomic E-state index is 13.4. The first-order chi connectivity index (χ1) is 11.3. The molecule has 5 nitrogen and oxygen atoms in total. The molecule has 2 aliphatic heterocycles. The largest absolute Gasteiger partial charge is 0.454 e. The minimum Gasteiger partial charge on any atom is -0.454 e. The lowest BCUT2D eigenvalue weighted by molar-refractivity contribution is -0.194. The highest BCUT2D eigenvalue weighted by atomic mass is 19.4. The summed E-state index contributed by atoms with van der Waals surface area (Å²) in [4.78, 5) is 12.6. The number of carbonyl (C=O) groups excluding carboxylic acids is 1. The predicted molar refractivity (Wildman–Crippen MR) is 79.7 cm³/mol. The van der Waals surface area contributed by atoms with E-state index in [4.69, 9.17) is 9.47 Å². The number of fused-ring (bicyclic) bond motifs is 1. The number of likely N-dealkylation sites (tertiary alicyclic amines) is 1. The maximum Gasteiger partial charge on any atom is 0.404 e. The van der Waals surface area contributed by atoms with Crippen LogP contribution in [0.2, 0.25) is 0 Å². The van der Waals surface area contributed by atoms with Crippen molar-refractivity contribution in [2.24, 2.45) is 0 Å². The fourth-order valence-corrected chi connectivity index (χ4v) is 3.33. The first-order valence-electron chi connectivity index (χ1n) is 7.80. The van der Waals surface area contributed by atoms with Crippen molar-refractivity contribution in [3.05, 3.63) is 23.8 Å². The predicted octanol–water partition coefficient (Wildman–Crippen LogP) is 2.45. The number of benzene rings is 1. The molecule has 0 radical (unpaired) electrons. The summed E-state index contributed by atoms with van der Waals surface area (Å²) in [6, 6.07) is 3.39. The van der Waals surface area contributed by atoms with Gasteiger partial charge in [0.25, 0.3) is 0 Å². The summed E-state index contributed by atoms with van der Waals surface area (Å²) < 4.78 is 50.8. The summed E-state index contributed by atoms with van der Waals surface area (Å²) in [6.07, 6.45) is -4.04. The number of ether oxygens (including phenoxy) is 2. The monoisotopic (exact) mass is 344 g/mol. The lowest BCUT2D eigenvalue weighted by Gasteiger charge is -2.40. The van der Waals surface area contributed by atoms with Gasteiger partial charge in [0.05, 0.1) is 0 Å². The molecule has 0 aliphatic carbocycles. The Morgan fingerprint density at radius 3 is 2.83 bits per heavy atom. The van der Waals surface area contributed by atoms with E-state index >= 15 is 0 Å². The number of carbonyl (C=O) groups is 1. The smallest absolute Gasteiger partial charge is 0.404 e. The number of hydrogen-bond donors (Lipinski definition) is 1. The van der Waals surface area contributed by atoms with Gasteiger partial charge in [0.1, 0.15) is 6.04 Å². The first-order valence-corrected chi connectivity index (χ1v) is 7.80. The molecule has 1 saturated heterocycles. The Bertz CT molecular complexity index is 621. The van der Waals surface area contributed by atoms with Gasteiger partial charge in [-0.3, -0.25) is 9.69 Å². The molecule has 1 amide bonds. The number of alkyl halides is 3. The summed E-state index contributed by atoms with van der Waals surface area (Å²) in [5, 5.41) is 2.72. The van der Waals surface area contributed by atoms with Crippen LogP contribution < -0.4 is 14.8 Å². The van der Waals surface area contributed by atoms with E-state index in [1.807, 2.05) is 0 Å². The molecule has 1 fully saturated rings. The van der Waals surface area contributed by atoms with Crippen LogP contribution in [0.1, 0.15) is 25.3 Å². The van der Waals surface area contributed by atoms with Crippen molar-refractivity contribution >= 4 is 5.91 Å². The molecule has 1 aromatic rings. The Kier molecular flexibility index (Phi) is 4.58. The van der Waals surface area contributed by atoms with Crippen molar-refractivity contribution in [3.8, 4) is 11.5 Å². The van der Waals surface area contributed by atoms with Crippen LogP contribution in [0.25, 0.3) is 0 Å². The van der Waals surface area contributed by atoms with E-state index in [0.717, 1.165) is 0 Å². The molecule has 1 aromatic carbocycles. The minimum absolute atomic E-state index is 0.0408. The molecule has 2 atom stereocenters. The van der Waals surface area contributed by atoms with Crippen molar-refractivity contribution in [1.82, 2.24) is 10.2 Å². The van der Waals surface area contributed by atoms with E-state index in [9.17, 15) is 18.0 Å². The highest BCUT2D eigenvalue weighted by Gasteiger charge is 2.46. The number of halogens is 3. The molecule has 0 aromatic heterocycles. The number of piperidine rings is 1. The van der Waals surface area contributed by atoms with Crippen LogP contribution in [-0.2, 0) is 11.3 Å². The molecule has 0 spiro atoms. The molecular formula is C16H19F3N2O3. The molecule has 1 N–H and O–H groups in total. The van der Waals surface area contributed by atoms with Gasteiger partial charge in [-0.2, -0.15) is 13.2 Å². The van der Waals surface area contributed by atoms with Crippen molar-refractivity contribution in [2.75, 3.05) is 13.3 Å². The van der Waals surface area contributed by atoms with Gasteiger partial charge in [0.15, 0.2) is 11.5 Å². The van der Waals surface area contributed by atoms with Gasteiger partial charge < -0.3 is 14.8 Å². The summed E-state index contributed by atoms with van der Waals surface area (Å²) in [7, 11) is 0. The molecule has 0 bridgehead atoms. The van der Waals surface area contributed by atoms with Gasteiger partial charge in [-0.05, 0) is 18.9 Å². The Labute approximate surface area is 137 Å². The van der Waals surface area contributed by atoms with Crippen LogP contribution in [0.15, 0.2) is 18.2 Å². The number of nitrogens with zero attached hydrogens (tertiary/aromatic N) is 1. The zero-order valence-corrected chi connectivity index (χ0v) is 13.2. The molecule has 0 saturated carbocycles. The van der Waals surface area contributed by atoms with Crippen LogP contribution in [0, 0.1) is 0 Å². The van der Waals surface area contributed by atoms with E-state index in [2.05, 4.69) is 5.32 Å². The van der Waals surface area contributed by atoms with Crippen LogP contribution in [0.5, 0.6) is 11.5 Å². The van der Waals surface area contributed by atoms with Gasteiger partial charge in [-0.15, -0.1) is 0 Å². The van der Waals surface area contributed by atoms with Gasteiger partial charge in [-0.1, -0.05) is 12.1 Å². The third-order valence-electron chi connectivity index (χ3n) is 4.32. The van der Waals surface area contributed by atoms with Crippen molar-refractivity contribution in [3.63, 3.8) is 0 Å². The average molecular weight is 344 g/mol. The SMILES string of the molecule is CC(=O)N[C@H]1CC[C@H](C(F)(F)F)N(Cc2cccc3c2OCO3)C1. The van der Waals surface area contributed by atoms with E-state index in [1.54, 1.807) is 18.2 Å². The fourth-order valence-electron chi connectivity index (χ4n) is 3.33. The van der Waals surface area contributed by atoms with Gasteiger partial charge >= 0.3 is 6.18 Å². The molecule has 132 valence electrons. The second-order valence-electron chi connectivity index (χ2n) is 6.11. The van der Waals surface area contributed by atoms with E-state index in [0.29, 0.717) is 23.5 Å². The molecule has 3 rings (SSSR count). The molecule has 0 unspecified atom stereocenters. The van der Waals surface area contributed by atoms with Crippen molar-refractivity contribution in [1.29, 1.82) is 0 Å². The molecular weight excluding hydrogens is 325 g/mol. The van der Waals surface area contributed by atoms with E-state index in [-0.39, 0.29) is 38.3 Å². The Hall–Kier alpha value is -1.96. The summed E-state index contributed by atoms with van der Waals surface area (Å²) in [5.41, 5.74) is 0.655. The maximum absolute atomic E-state index is 13.4. The second-order valence-corrected chi connectivity index (χ2v) is 6.11. The minimum atomic E-state index is -4.31. The van der Waals surface area contributed by atoms with Crippen molar-refractivity contribution in [2.45, 2.75) is 44.6 Å². The van der Waals surface area contributed by atoms with Crippen molar-refractivity contribution < 1.29 is 27.4 Å². The first kappa shape index (κ1) is 16.9. The van der Waals surface area contributed by atoms with Gasteiger partial charge in [-0.25, -0.2) is 0 Å². The number of nitrogens with one attached hydrogen (secondary N) is 1. The summed E-state index contributed by atoms with van der Waals surface area (Å²) >= 11 is 0. The molecule has 8 heteroatoms. The topological polar surface area (TPSA) is 50.8 Å². The highest BCUT2D eigenvalue weighted by molar-refractivity contribution is 5.73. The average Bonchev–Trinajstić information content (AvgIpc) is 2.95. The van der Waals surface area contributed by atoms with E-state index in [1.165, 1.54) is 11.8 Å². The number of rotatable bonds is 3. The number of hydrogen-bond acceptors (Lipinski definition) is 4. The Morgan fingerprint density at radius 2 is 2.12 bits per heavy atom. The van der Waals surface area contributed by atoms with Crippen LogP contribution in [0.4, 0.5) is 13.2 Å². The third kappa shape index (κ3) is 3.58. The second kappa shape index (κ2) is 6.51. The third-order valence-corrected chi connectivity index (χ3v) is 4.32. The standard InChI is InChI=1S/C16H19F3N2O3/c1-10(22)20-12-5-6-14(16(17,18)19)21(8-12)7-11-3-2-4-13-15(11)24-9-23-13/h2-4,12,14H,5-9H2,1H3,(H,20,22)/t12-,14+/m0/s1. The molecule has 2 aliphatic rings. The van der Waals surface area contributed by atoms with Crippen LogP contribution >= 0.6 is 0 Å². The highest BCUT2D eigenvalue weighted by Crippen LogP contribution is 2.38. The van der Waals surface area contributed by atoms with Crippen LogP contribution in [-0.4, -0.2) is 42.4 Å². The summed E-state index contributed by atoms with van der Waals surface area (Å²) in [6.45, 7) is 1.68. The zero-order chi connectivity index (χ0) is 17.3. The van der Waals surface area contributed by atoms with Crippen LogP contribution in [0.3, 0.4) is 0 Å². The lowest BCUT2D eigenvalue weighted by atomic mass is 9.96. The summed E-state index contributed by atoms with van der Waals surface area (Å²) in [5.74, 6) is 0.814. The zero-order valence-electron chi connectivity index (χ0n) is 13.2.